The van der Waals surface area contributed by atoms with Crippen molar-refractivity contribution in [3.05, 3.63) is 47.9 Å². The highest BCUT2D eigenvalue weighted by molar-refractivity contribution is 6.33. The molecule has 0 unspecified atom stereocenters. The molecule has 3 rings (SSSR count). The SMILES string of the molecule is C=C(C)CN(CC)c1c(-c2ccccc2OC)c(Cl)nc2ncnn12. The molecule has 0 N–H and O–H groups in total. The van der Waals surface area contributed by atoms with Crippen LogP contribution < -0.4 is 9.64 Å². The molecule has 6 nitrogen and oxygen atoms in total. The second kappa shape index (κ2) is 7.11. The zero-order valence-electron chi connectivity index (χ0n) is 14.5. The standard InChI is InChI=1S/C18H20ClN5O/c1-5-23(10-12(2)3)17-15(13-8-6-7-9-14(13)25-4)16(19)22-18-20-11-21-24(17)18/h6-9,11H,2,5,10H2,1,3-4H3. The third-order valence-corrected chi connectivity index (χ3v) is 4.15. The van der Waals surface area contributed by atoms with E-state index in [-0.39, 0.29) is 0 Å². The number of likely N-dealkylation sites (N-methyl/N-ethyl adjacent to an activating group) is 1. The van der Waals surface area contributed by atoms with E-state index in [1.54, 1.807) is 11.6 Å². The van der Waals surface area contributed by atoms with Crippen LogP contribution in [0, 0.1) is 0 Å². The van der Waals surface area contributed by atoms with Crippen LogP contribution >= 0.6 is 11.6 Å². The average molecular weight is 358 g/mol. The van der Waals surface area contributed by atoms with Crippen molar-refractivity contribution in [3.63, 3.8) is 0 Å². The number of anilines is 1. The van der Waals surface area contributed by atoms with E-state index in [1.165, 1.54) is 6.33 Å². The largest absolute Gasteiger partial charge is 0.496 e. The molecule has 0 atom stereocenters. The Kier molecular flexibility index (Phi) is 4.90. The van der Waals surface area contributed by atoms with Crippen molar-refractivity contribution in [2.75, 3.05) is 25.1 Å². The van der Waals surface area contributed by atoms with Crippen LogP contribution in [-0.4, -0.2) is 39.8 Å². The highest BCUT2D eigenvalue weighted by Gasteiger charge is 2.23. The van der Waals surface area contributed by atoms with Gasteiger partial charge in [0.15, 0.2) is 0 Å². The molecule has 7 heteroatoms. The second-order valence-electron chi connectivity index (χ2n) is 5.74. The number of ether oxygens (including phenoxy) is 1. The van der Waals surface area contributed by atoms with Crippen LogP contribution in [0.5, 0.6) is 5.75 Å². The lowest BCUT2D eigenvalue weighted by molar-refractivity contribution is 0.416. The molecule has 3 aromatic rings. The lowest BCUT2D eigenvalue weighted by Crippen LogP contribution is -2.28. The maximum absolute atomic E-state index is 6.57. The number of nitrogens with zero attached hydrogens (tertiary/aromatic N) is 5. The predicted molar refractivity (Wildman–Crippen MR) is 100 cm³/mol. The van der Waals surface area contributed by atoms with E-state index in [0.717, 1.165) is 34.8 Å². The topological polar surface area (TPSA) is 55.5 Å². The monoisotopic (exact) mass is 357 g/mol. The molecule has 25 heavy (non-hydrogen) atoms. The fourth-order valence-corrected chi connectivity index (χ4v) is 3.10. The van der Waals surface area contributed by atoms with Gasteiger partial charge in [-0.15, -0.1) is 0 Å². The first-order valence-corrected chi connectivity index (χ1v) is 8.36. The van der Waals surface area contributed by atoms with E-state index in [1.807, 2.05) is 31.2 Å². The Morgan fingerprint density at radius 2 is 2.12 bits per heavy atom. The molecule has 2 aromatic heterocycles. The summed E-state index contributed by atoms with van der Waals surface area (Å²) in [5.41, 5.74) is 2.66. The minimum atomic E-state index is 0.361. The third kappa shape index (κ3) is 3.17. The minimum absolute atomic E-state index is 0.361. The molecule has 1 aromatic carbocycles. The van der Waals surface area contributed by atoms with Crippen LogP contribution in [0.15, 0.2) is 42.7 Å². The predicted octanol–water partition coefficient (Wildman–Crippen LogP) is 3.86. The van der Waals surface area contributed by atoms with Crippen molar-refractivity contribution in [1.29, 1.82) is 0 Å². The molecule has 2 heterocycles. The van der Waals surface area contributed by atoms with Gasteiger partial charge in [-0.1, -0.05) is 42.0 Å². The fourth-order valence-electron chi connectivity index (χ4n) is 2.84. The molecule has 130 valence electrons. The van der Waals surface area contributed by atoms with Gasteiger partial charge in [0.05, 0.1) is 12.7 Å². The van der Waals surface area contributed by atoms with Gasteiger partial charge in [0, 0.05) is 18.7 Å². The highest BCUT2D eigenvalue weighted by atomic mass is 35.5. The van der Waals surface area contributed by atoms with Gasteiger partial charge in [0.25, 0.3) is 5.78 Å². The number of hydrogen-bond acceptors (Lipinski definition) is 5. The maximum Gasteiger partial charge on any atom is 0.255 e. The van der Waals surface area contributed by atoms with Gasteiger partial charge in [-0.3, -0.25) is 0 Å². The Labute approximate surface area is 151 Å². The Bertz CT molecular complexity index is 921. The van der Waals surface area contributed by atoms with Crippen molar-refractivity contribution in [1.82, 2.24) is 19.6 Å². The Morgan fingerprint density at radius 1 is 1.36 bits per heavy atom. The first kappa shape index (κ1) is 17.2. The Balaban J connectivity index is 2.35. The highest BCUT2D eigenvalue weighted by Crippen LogP contribution is 2.40. The lowest BCUT2D eigenvalue weighted by atomic mass is 10.1. The maximum atomic E-state index is 6.57. The molecule has 0 aliphatic rings. The van der Waals surface area contributed by atoms with Crippen LogP contribution in [0.25, 0.3) is 16.9 Å². The molecule has 0 radical (unpaired) electrons. The first-order chi connectivity index (χ1) is 12.1. The molecule has 0 amide bonds. The molecular weight excluding hydrogens is 338 g/mol. The van der Waals surface area contributed by atoms with Crippen LogP contribution in [0.2, 0.25) is 5.15 Å². The van der Waals surface area contributed by atoms with Gasteiger partial charge >= 0.3 is 0 Å². The third-order valence-electron chi connectivity index (χ3n) is 3.88. The van der Waals surface area contributed by atoms with Crippen LogP contribution in [0.1, 0.15) is 13.8 Å². The Morgan fingerprint density at radius 3 is 2.80 bits per heavy atom. The van der Waals surface area contributed by atoms with Crippen molar-refractivity contribution < 1.29 is 4.74 Å². The fraction of sp³-hybridized carbons (Fsp3) is 0.278. The van der Waals surface area contributed by atoms with E-state index in [9.17, 15) is 0 Å². The quantitative estimate of drug-likeness (QED) is 0.495. The van der Waals surface area contributed by atoms with Crippen molar-refractivity contribution in [3.8, 4) is 16.9 Å². The zero-order chi connectivity index (χ0) is 18.0. The van der Waals surface area contributed by atoms with Gasteiger partial charge in [-0.25, -0.2) is 0 Å². The molecule has 0 spiro atoms. The van der Waals surface area contributed by atoms with Crippen molar-refractivity contribution in [2.45, 2.75) is 13.8 Å². The van der Waals surface area contributed by atoms with Crippen molar-refractivity contribution in [2.24, 2.45) is 0 Å². The summed E-state index contributed by atoms with van der Waals surface area (Å²) in [5.74, 6) is 2.00. The van der Waals surface area contributed by atoms with Gasteiger partial charge in [0.1, 0.15) is 23.0 Å². The minimum Gasteiger partial charge on any atom is -0.496 e. The van der Waals surface area contributed by atoms with Crippen LogP contribution in [0.4, 0.5) is 5.82 Å². The van der Waals surface area contributed by atoms with Gasteiger partial charge < -0.3 is 9.64 Å². The molecule has 0 saturated heterocycles. The number of methoxy groups -OCH3 is 1. The summed E-state index contributed by atoms with van der Waals surface area (Å²) >= 11 is 6.57. The van der Waals surface area contributed by atoms with Crippen molar-refractivity contribution >= 4 is 23.2 Å². The molecule has 0 fully saturated rings. The molecule has 0 saturated carbocycles. The summed E-state index contributed by atoms with van der Waals surface area (Å²) in [7, 11) is 1.64. The summed E-state index contributed by atoms with van der Waals surface area (Å²) in [6.45, 7) is 9.53. The number of fused-ring (bicyclic) bond motifs is 1. The number of rotatable bonds is 6. The number of halogens is 1. The van der Waals surface area contributed by atoms with Crippen LogP contribution in [-0.2, 0) is 0 Å². The number of benzene rings is 1. The van der Waals surface area contributed by atoms with E-state index in [0.29, 0.717) is 17.5 Å². The molecule has 0 aliphatic carbocycles. The Hall–Kier alpha value is -2.60. The van der Waals surface area contributed by atoms with E-state index < -0.39 is 0 Å². The second-order valence-corrected chi connectivity index (χ2v) is 6.10. The first-order valence-electron chi connectivity index (χ1n) is 7.98. The number of aromatic nitrogens is 4. The summed E-state index contributed by atoms with van der Waals surface area (Å²) in [4.78, 5) is 10.7. The summed E-state index contributed by atoms with van der Waals surface area (Å²) < 4.78 is 7.24. The van der Waals surface area contributed by atoms with E-state index in [2.05, 4.69) is 33.5 Å². The van der Waals surface area contributed by atoms with E-state index in [4.69, 9.17) is 16.3 Å². The smallest absolute Gasteiger partial charge is 0.255 e. The van der Waals surface area contributed by atoms with Crippen LogP contribution in [0.3, 0.4) is 0 Å². The molecular formula is C18H20ClN5O. The molecule has 0 aliphatic heterocycles. The zero-order valence-corrected chi connectivity index (χ0v) is 15.3. The summed E-state index contributed by atoms with van der Waals surface area (Å²) in [5, 5.41) is 4.71. The van der Waals surface area contributed by atoms with Gasteiger partial charge in [-0.05, 0) is 19.9 Å². The summed E-state index contributed by atoms with van der Waals surface area (Å²) in [6.07, 6.45) is 1.47. The van der Waals surface area contributed by atoms with Gasteiger partial charge in [0.2, 0.25) is 0 Å². The number of para-hydroxylation sites is 1. The van der Waals surface area contributed by atoms with Gasteiger partial charge in [-0.2, -0.15) is 19.6 Å². The summed E-state index contributed by atoms with van der Waals surface area (Å²) in [6, 6.07) is 7.72. The van der Waals surface area contributed by atoms with E-state index >= 15 is 0 Å². The average Bonchev–Trinajstić information content (AvgIpc) is 3.06. The lowest BCUT2D eigenvalue weighted by Gasteiger charge is -2.26. The normalized spacial score (nSPS) is 10.9. The molecule has 0 bridgehead atoms. The number of hydrogen-bond donors (Lipinski definition) is 0.